The minimum absolute atomic E-state index is 0.602. The third kappa shape index (κ3) is 2.24. The fourth-order valence-electron chi connectivity index (χ4n) is 2.41. The average Bonchev–Trinajstić information content (AvgIpc) is 2.79. The first-order valence-corrected chi connectivity index (χ1v) is 7.69. The van der Waals surface area contributed by atoms with Gasteiger partial charge in [-0.3, -0.25) is 0 Å². The van der Waals surface area contributed by atoms with Crippen LogP contribution in [0.2, 0.25) is 5.02 Å². The predicted octanol–water partition coefficient (Wildman–Crippen LogP) is 5.25. The summed E-state index contributed by atoms with van der Waals surface area (Å²) in [5, 5.41) is 13.4. The Labute approximate surface area is 127 Å². The lowest BCUT2D eigenvalue weighted by molar-refractivity contribution is 0.225. The van der Waals surface area contributed by atoms with Crippen molar-refractivity contribution in [2.45, 2.75) is 20.0 Å². The number of rotatable bonds is 2. The van der Waals surface area contributed by atoms with Gasteiger partial charge in [-0.05, 0) is 42.5 Å². The number of halogens is 1. The summed E-state index contributed by atoms with van der Waals surface area (Å²) in [7, 11) is 0. The topological polar surface area (TPSA) is 20.2 Å². The van der Waals surface area contributed by atoms with Gasteiger partial charge in [0.15, 0.2) is 0 Å². The lowest BCUT2D eigenvalue weighted by atomic mass is 9.99. The van der Waals surface area contributed by atoms with Crippen LogP contribution in [0, 0.1) is 13.8 Å². The molecule has 3 aromatic rings. The molecule has 0 spiro atoms. The summed E-state index contributed by atoms with van der Waals surface area (Å²) in [6.07, 6.45) is -0.602. The van der Waals surface area contributed by atoms with Crippen molar-refractivity contribution in [3.8, 4) is 0 Å². The summed E-state index contributed by atoms with van der Waals surface area (Å²) in [5.41, 5.74) is 2.13. The van der Waals surface area contributed by atoms with Crippen LogP contribution >= 0.6 is 22.9 Å². The second kappa shape index (κ2) is 5.21. The van der Waals surface area contributed by atoms with E-state index in [9.17, 15) is 5.11 Å². The SMILES string of the molecule is Cc1cc(C(O)c2ccc(Cl)c3ccccc23)sc1C. The maximum absolute atomic E-state index is 10.7. The van der Waals surface area contributed by atoms with E-state index in [1.54, 1.807) is 11.3 Å². The van der Waals surface area contributed by atoms with Crippen molar-refractivity contribution in [1.29, 1.82) is 0 Å². The molecule has 2 aromatic carbocycles. The molecule has 3 heteroatoms. The Morgan fingerprint density at radius 3 is 2.40 bits per heavy atom. The van der Waals surface area contributed by atoms with E-state index in [0.29, 0.717) is 0 Å². The van der Waals surface area contributed by atoms with Crippen LogP contribution in [0.25, 0.3) is 10.8 Å². The Morgan fingerprint density at radius 2 is 1.75 bits per heavy atom. The molecule has 0 aliphatic rings. The molecule has 0 saturated carbocycles. The van der Waals surface area contributed by atoms with E-state index in [1.165, 1.54) is 10.4 Å². The lowest BCUT2D eigenvalue weighted by Crippen LogP contribution is -1.98. The van der Waals surface area contributed by atoms with Crippen molar-refractivity contribution in [2.75, 3.05) is 0 Å². The molecule has 3 rings (SSSR count). The average molecular weight is 303 g/mol. The predicted molar refractivity (Wildman–Crippen MR) is 86.8 cm³/mol. The van der Waals surface area contributed by atoms with E-state index in [0.717, 1.165) is 26.2 Å². The third-order valence-electron chi connectivity index (χ3n) is 3.65. The molecule has 1 unspecified atom stereocenters. The van der Waals surface area contributed by atoms with Gasteiger partial charge in [0.25, 0.3) is 0 Å². The molecule has 1 N–H and O–H groups in total. The van der Waals surface area contributed by atoms with Crippen LogP contribution in [0.1, 0.15) is 27.0 Å². The molecular formula is C17H15ClOS. The standard InChI is InChI=1S/C17H15ClOS/c1-10-9-16(20-11(10)2)17(19)14-7-8-15(18)13-6-4-3-5-12(13)14/h3-9,17,19H,1-2H3. The summed E-state index contributed by atoms with van der Waals surface area (Å²) in [5.74, 6) is 0. The summed E-state index contributed by atoms with van der Waals surface area (Å²) < 4.78 is 0. The summed E-state index contributed by atoms with van der Waals surface area (Å²) in [6, 6.07) is 13.8. The number of aliphatic hydroxyl groups is 1. The van der Waals surface area contributed by atoms with Gasteiger partial charge >= 0.3 is 0 Å². The number of benzene rings is 2. The number of aliphatic hydroxyl groups excluding tert-OH is 1. The Bertz CT molecular complexity index is 756. The van der Waals surface area contributed by atoms with Crippen molar-refractivity contribution in [2.24, 2.45) is 0 Å². The van der Waals surface area contributed by atoms with Crippen molar-refractivity contribution >= 4 is 33.7 Å². The van der Waals surface area contributed by atoms with Crippen LogP contribution in [-0.4, -0.2) is 5.11 Å². The molecule has 1 nitrogen and oxygen atoms in total. The van der Waals surface area contributed by atoms with Crippen molar-refractivity contribution in [3.63, 3.8) is 0 Å². The molecule has 20 heavy (non-hydrogen) atoms. The molecular weight excluding hydrogens is 288 g/mol. The highest BCUT2D eigenvalue weighted by Crippen LogP contribution is 2.36. The van der Waals surface area contributed by atoms with Gasteiger partial charge in [-0.15, -0.1) is 11.3 Å². The molecule has 0 aliphatic carbocycles. The van der Waals surface area contributed by atoms with Gasteiger partial charge in [0.1, 0.15) is 6.10 Å². The summed E-state index contributed by atoms with van der Waals surface area (Å²) in [6.45, 7) is 4.15. The van der Waals surface area contributed by atoms with Gasteiger partial charge in [0.2, 0.25) is 0 Å². The lowest BCUT2D eigenvalue weighted by Gasteiger charge is -2.13. The molecule has 0 bridgehead atoms. The number of thiophene rings is 1. The minimum atomic E-state index is -0.602. The van der Waals surface area contributed by atoms with Crippen LogP contribution in [0.4, 0.5) is 0 Å². The number of hydrogen-bond acceptors (Lipinski definition) is 2. The van der Waals surface area contributed by atoms with E-state index < -0.39 is 6.10 Å². The van der Waals surface area contributed by atoms with Crippen LogP contribution in [0.15, 0.2) is 42.5 Å². The molecule has 0 aliphatic heterocycles. The first kappa shape index (κ1) is 13.6. The zero-order chi connectivity index (χ0) is 14.3. The minimum Gasteiger partial charge on any atom is -0.383 e. The highest BCUT2D eigenvalue weighted by atomic mass is 35.5. The van der Waals surface area contributed by atoms with Gasteiger partial charge < -0.3 is 5.11 Å². The second-order valence-electron chi connectivity index (χ2n) is 4.97. The van der Waals surface area contributed by atoms with Gasteiger partial charge in [-0.25, -0.2) is 0 Å². The highest BCUT2D eigenvalue weighted by Gasteiger charge is 2.17. The molecule has 0 amide bonds. The first-order valence-electron chi connectivity index (χ1n) is 6.50. The summed E-state index contributed by atoms with van der Waals surface area (Å²) in [4.78, 5) is 2.23. The van der Waals surface area contributed by atoms with Crippen molar-refractivity contribution < 1.29 is 5.11 Å². The van der Waals surface area contributed by atoms with Crippen molar-refractivity contribution in [1.82, 2.24) is 0 Å². The van der Waals surface area contributed by atoms with Crippen LogP contribution in [-0.2, 0) is 0 Å². The molecule has 1 heterocycles. The molecule has 0 radical (unpaired) electrons. The van der Waals surface area contributed by atoms with Crippen LogP contribution in [0.5, 0.6) is 0 Å². The Kier molecular flexibility index (Phi) is 3.55. The number of fused-ring (bicyclic) bond motifs is 1. The fourth-order valence-corrected chi connectivity index (χ4v) is 3.69. The maximum Gasteiger partial charge on any atom is 0.114 e. The summed E-state index contributed by atoms with van der Waals surface area (Å²) >= 11 is 7.88. The smallest absolute Gasteiger partial charge is 0.114 e. The maximum atomic E-state index is 10.7. The Morgan fingerprint density at radius 1 is 1.05 bits per heavy atom. The monoisotopic (exact) mass is 302 g/mol. The van der Waals surface area contributed by atoms with Gasteiger partial charge in [0.05, 0.1) is 0 Å². The molecule has 0 saturated heterocycles. The highest BCUT2D eigenvalue weighted by molar-refractivity contribution is 7.12. The molecule has 102 valence electrons. The van der Waals surface area contributed by atoms with E-state index in [2.05, 4.69) is 19.9 Å². The molecule has 0 fully saturated rings. The van der Waals surface area contributed by atoms with Gasteiger partial charge in [-0.1, -0.05) is 41.9 Å². The van der Waals surface area contributed by atoms with Crippen LogP contribution < -0.4 is 0 Å². The molecule has 1 atom stereocenters. The van der Waals surface area contributed by atoms with E-state index in [4.69, 9.17) is 11.6 Å². The Balaban J connectivity index is 2.17. The van der Waals surface area contributed by atoms with E-state index in [1.807, 2.05) is 36.4 Å². The van der Waals surface area contributed by atoms with Crippen LogP contribution in [0.3, 0.4) is 0 Å². The number of aryl methyl sites for hydroxylation is 2. The zero-order valence-corrected chi connectivity index (χ0v) is 12.9. The zero-order valence-electron chi connectivity index (χ0n) is 11.4. The van der Waals surface area contributed by atoms with Crippen molar-refractivity contribution in [3.05, 3.63) is 68.4 Å². The van der Waals surface area contributed by atoms with Gasteiger partial charge in [-0.2, -0.15) is 0 Å². The molecule has 1 aromatic heterocycles. The fraction of sp³-hybridized carbons (Fsp3) is 0.176. The Hall–Kier alpha value is -1.35. The number of hydrogen-bond donors (Lipinski definition) is 1. The van der Waals surface area contributed by atoms with E-state index in [-0.39, 0.29) is 0 Å². The normalized spacial score (nSPS) is 12.8. The third-order valence-corrected chi connectivity index (χ3v) is 5.19. The van der Waals surface area contributed by atoms with E-state index >= 15 is 0 Å². The largest absolute Gasteiger partial charge is 0.383 e. The first-order chi connectivity index (χ1) is 9.58. The van der Waals surface area contributed by atoms with Gasteiger partial charge in [0, 0.05) is 20.2 Å². The second-order valence-corrected chi connectivity index (χ2v) is 6.67. The quantitative estimate of drug-likeness (QED) is 0.685.